The van der Waals surface area contributed by atoms with Crippen molar-refractivity contribution in [2.75, 3.05) is 4.90 Å². The molecule has 160 valence electrons. The summed E-state index contributed by atoms with van der Waals surface area (Å²) >= 11 is 6.70. The van der Waals surface area contributed by atoms with E-state index in [4.69, 9.17) is 17.0 Å². The van der Waals surface area contributed by atoms with E-state index in [0.717, 1.165) is 16.9 Å². The van der Waals surface area contributed by atoms with Crippen LogP contribution < -0.4 is 9.64 Å². The van der Waals surface area contributed by atoms with E-state index in [2.05, 4.69) is 19.1 Å². The summed E-state index contributed by atoms with van der Waals surface area (Å²) in [5, 5.41) is 0. The standard InChI is InChI=1S/C26H21NO3S2/c1-17-6-8-19(9-7-17)16-30-23-5-3-4-20(14-23)15-24-25(29)27(26(31)32-24)22-12-10-21(11-13-22)18(2)28/h3-15H,16H2,1-2H3/b24-15-. The number of carbonyl (C=O) groups is 2. The van der Waals surface area contributed by atoms with Crippen LogP contribution in [0, 0.1) is 6.92 Å². The normalized spacial score (nSPS) is 14.8. The van der Waals surface area contributed by atoms with Gasteiger partial charge in [-0.1, -0.05) is 65.9 Å². The molecule has 0 saturated carbocycles. The molecule has 1 fully saturated rings. The lowest BCUT2D eigenvalue weighted by Gasteiger charge is -2.14. The van der Waals surface area contributed by atoms with Crippen molar-refractivity contribution < 1.29 is 14.3 Å². The van der Waals surface area contributed by atoms with Gasteiger partial charge in [-0.3, -0.25) is 14.5 Å². The van der Waals surface area contributed by atoms with Crippen LogP contribution in [0.15, 0.2) is 77.7 Å². The van der Waals surface area contributed by atoms with E-state index in [1.807, 2.05) is 42.5 Å². The first-order valence-electron chi connectivity index (χ1n) is 10.1. The van der Waals surface area contributed by atoms with Crippen molar-refractivity contribution in [3.8, 4) is 5.75 Å². The van der Waals surface area contributed by atoms with Gasteiger partial charge in [0.25, 0.3) is 5.91 Å². The van der Waals surface area contributed by atoms with Crippen molar-refractivity contribution in [2.24, 2.45) is 0 Å². The Labute approximate surface area is 196 Å². The van der Waals surface area contributed by atoms with Crippen LogP contribution in [0.25, 0.3) is 6.08 Å². The quantitative estimate of drug-likeness (QED) is 0.250. The van der Waals surface area contributed by atoms with Crippen molar-refractivity contribution in [3.05, 3.63) is 100.0 Å². The van der Waals surface area contributed by atoms with Crippen LogP contribution >= 0.6 is 24.0 Å². The first-order valence-corrected chi connectivity index (χ1v) is 11.3. The molecule has 1 aliphatic rings. The summed E-state index contributed by atoms with van der Waals surface area (Å²) in [5.74, 6) is 0.530. The Morgan fingerprint density at radius 1 is 1.06 bits per heavy atom. The van der Waals surface area contributed by atoms with E-state index in [1.165, 1.54) is 29.1 Å². The average Bonchev–Trinajstić information content (AvgIpc) is 3.06. The highest BCUT2D eigenvalue weighted by Gasteiger charge is 2.33. The van der Waals surface area contributed by atoms with E-state index in [1.54, 1.807) is 24.3 Å². The molecule has 0 atom stereocenters. The van der Waals surface area contributed by atoms with Gasteiger partial charge in [-0.25, -0.2) is 0 Å². The second-order valence-electron chi connectivity index (χ2n) is 7.47. The Kier molecular flexibility index (Phi) is 6.53. The summed E-state index contributed by atoms with van der Waals surface area (Å²) in [6, 6.07) is 22.7. The maximum Gasteiger partial charge on any atom is 0.270 e. The third-order valence-corrected chi connectivity index (χ3v) is 6.31. The van der Waals surface area contributed by atoms with Gasteiger partial charge in [0.1, 0.15) is 12.4 Å². The molecule has 0 spiro atoms. The van der Waals surface area contributed by atoms with E-state index >= 15 is 0 Å². The van der Waals surface area contributed by atoms with Gasteiger partial charge in [0.05, 0.1) is 10.6 Å². The predicted octanol–water partition coefficient (Wildman–Crippen LogP) is 6.18. The first-order chi connectivity index (χ1) is 15.4. The monoisotopic (exact) mass is 459 g/mol. The molecule has 0 aliphatic carbocycles. The highest BCUT2D eigenvalue weighted by Crippen LogP contribution is 2.36. The molecule has 0 unspecified atom stereocenters. The van der Waals surface area contributed by atoms with Crippen LogP contribution in [-0.4, -0.2) is 16.0 Å². The zero-order chi connectivity index (χ0) is 22.7. The molecule has 6 heteroatoms. The number of aryl methyl sites for hydroxylation is 1. The van der Waals surface area contributed by atoms with Crippen molar-refractivity contribution in [2.45, 2.75) is 20.5 Å². The topological polar surface area (TPSA) is 46.6 Å². The summed E-state index contributed by atoms with van der Waals surface area (Å²) in [6.45, 7) is 4.04. The van der Waals surface area contributed by atoms with E-state index in [-0.39, 0.29) is 11.7 Å². The molecule has 4 rings (SSSR count). The fraction of sp³-hybridized carbons (Fsp3) is 0.115. The molecule has 1 amide bonds. The molecule has 32 heavy (non-hydrogen) atoms. The molecule has 4 nitrogen and oxygen atoms in total. The van der Waals surface area contributed by atoms with Crippen LogP contribution in [0.1, 0.15) is 34.0 Å². The van der Waals surface area contributed by atoms with Crippen LogP contribution in [0.5, 0.6) is 5.75 Å². The maximum absolute atomic E-state index is 13.0. The molecule has 0 aromatic heterocycles. The molecule has 0 bridgehead atoms. The minimum Gasteiger partial charge on any atom is -0.489 e. The van der Waals surface area contributed by atoms with Crippen molar-refractivity contribution in [1.82, 2.24) is 0 Å². The van der Waals surface area contributed by atoms with Gasteiger partial charge >= 0.3 is 0 Å². The zero-order valence-corrected chi connectivity index (χ0v) is 19.3. The fourth-order valence-electron chi connectivity index (χ4n) is 3.23. The van der Waals surface area contributed by atoms with E-state index in [0.29, 0.717) is 27.1 Å². The number of benzene rings is 3. The molecule has 1 heterocycles. The van der Waals surface area contributed by atoms with E-state index < -0.39 is 0 Å². The van der Waals surface area contributed by atoms with Crippen molar-refractivity contribution in [3.63, 3.8) is 0 Å². The SMILES string of the molecule is CC(=O)c1ccc(N2C(=O)/C(=C/c3cccc(OCc4ccc(C)cc4)c3)SC2=S)cc1. The van der Waals surface area contributed by atoms with Crippen LogP contribution in [-0.2, 0) is 11.4 Å². The van der Waals surface area contributed by atoms with Gasteiger partial charge in [-0.15, -0.1) is 0 Å². The molecular formula is C26H21NO3S2. The number of nitrogens with zero attached hydrogens (tertiary/aromatic N) is 1. The van der Waals surface area contributed by atoms with Gasteiger partial charge in [-0.05, 0) is 67.4 Å². The molecule has 1 aliphatic heterocycles. The molecular weight excluding hydrogens is 438 g/mol. The summed E-state index contributed by atoms with van der Waals surface area (Å²) in [7, 11) is 0. The van der Waals surface area contributed by atoms with E-state index in [9.17, 15) is 9.59 Å². The third-order valence-electron chi connectivity index (χ3n) is 5.01. The number of rotatable bonds is 6. The molecule has 1 saturated heterocycles. The number of Topliss-reactive ketones (excluding diaryl/α,β-unsaturated/α-hetero) is 1. The Bertz CT molecular complexity index is 1210. The molecule has 3 aromatic rings. The Morgan fingerprint density at radius 3 is 2.47 bits per heavy atom. The second kappa shape index (κ2) is 9.51. The van der Waals surface area contributed by atoms with Gasteiger partial charge < -0.3 is 4.74 Å². The molecule has 3 aromatic carbocycles. The highest BCUT2D eigenvalue weighted by molar-refractivity contribution is 8.27. The number of amides is 1. The van der Waals surface area contributed by atoms with Crippen molar-refractivity contribution >= 4 is 51.8 Å². The minimum absolute atomic E-state index is 0.0219. The highest BCUT2D eigenvalue weighted by atomic mass is 32.2. The zero-order valence-electron chi connectivity index (χ0n) is 17.7. The van der Waals surface area contributed by atoms with Gasteiger partial charge in [-0.2, -0.15) is 0 Å². The Hall–Kier alpha value is -3.22. The van der Waals surface area contributed by atoms with Crippen molar-refractivity contribution in [1.29, 1.82) is 0 Å². The minimum atomic E-state index is -0.179. The van der Waals surface area contributed by atoms with Gasteiger partial charge in [0.15, 0.2) is 10.1 Å². The number of ketones is 1. The number of ether oxygens (including phenoxy) is 1. The predicted molar refractivity (Wildman–Crippen MR) is 134 cm³/mol. The fourth-order valence-corrected chi connectivity index (χ4v) is 4.53. The smallest absolute Gasteiger partial charge is 0.270 e. The number of thioether (sulfide) groups is 1. The molecule has 0 radical (unpaired) electrons. The van der Waals surface area contributed by atoms with Crippen LogP contribution in [0.4, 0.5) is 5.69 Å². The largest absolute Gasteiger partial charge is 0.489 e. The average molecular weight is 460 g/mol. The summed E-state index contributed by atoms with van der Waals surface area (Å²) in [4.78, 5) is 26.6. The van der Waals surface area contributed by atoms with Gasteiger partial charge in [0.2, 0.25) is 0 Å². The Morgan fingerprint density at radius 2 is 1.78 bits per heavy atom. The molecule has 0 N–H and O–H groups in total. The summed E-state index contributed by atoms with van der Waals surface area (Å²) in [5.41, 5.74) is 4.41. The number of carbonyl (C=O) groups excluding carboxylic acids is 2. The van der Waals surface area contributed by atoms with Crippen LogP contribution in [0.3, 0.4) is 0 Å². The first kappa shape index (κ1) is 22.0. The van der Waals surface area contributed by atoms with Crippen LogP contribution in [0.2, 0.25) is 0 Å². The number of hydrogen-bond donors (Lipinski definition) is 0. The Balaban J connectivity index is 1.49. The maximum atomic E-state index is 13.0. The summed E-state index contributed by atoms with van der Waals surface area (Å²) in [6.07, 6.45) is 1.82. The third kappa shape index (κ3) is 4.98. The lowest BCUT2D eigenvalue weighted by atomic mass is 10.1. The number of anilines is 1. The lowest BCUT2D eigenvalue weighted by Crippen LogP contribution is -2.27. The van der Waals surface area contributed by atoms with Gasteiger partial charge in [0, 0.05) is 5.56 Å². The number of hydrogen-bond acceptors (Lipinski definition) is 5. The summed E-state index contributed by atoms with van der Waals surface area (Å²) < 4.78 is 6.38. The second-order valence-corrected chi connectivity index (χ2v) is 9.14. The number of thiocarbonyl (C=S) groups is 1. The lowest BCUT2D eigenvalue weighted by molar-refractivity contribution is -0.113.